The summed E-state index contributed by atoms with van der Waals surface area (Å²) in [5, 5.41) is 0. The predicted octanol–water partition coefficient (Wildman–Crippen LogP) is 7.50. The summed E-state index contributed by atoms with van der Waals surface area (Å²) in [6, 6.07) is 13.4. The van der Waals surface area contributed by atoms with Crippen LogP contribution in [0.15, 0.2) is 42.0 Å². The standard InChI is InChI=1S/C22H25.2ClH.Zr/c1-5-16-9-7-8-10-20(16)22-17(6-2)11-12-18-13-19(15(3)4)14-21(18)22;;;/h7-15H,5-6H2,1-4H3;2*1H;/q;;;+2/p-2. The number of rotatable bonds is 5. The SMILES string of the molecule is CCc1ccccc1-c1c(CC)ccc2c1C=C(C(C)C)[CH]2[Zr]([Cl])[Cl]. The van der Waals surface area contributed by atoms with E-state index in [1.807, 2.05) is 0 Å². The topological polar surface area (TPSA) is 0 Å². The summed E-state index contributed by atoms with van der Waals surface area (Å²) in [7, 11) is 13.2. The van der Waals surface area contributed by atoms with Crippen LogP contribution in [0.1, 0.15) is 53.6 Å². The first-order chi connectivity index (χ1) is 12.0. The first-order valence-corrected chi connectivity index (χ1v) is 16.9. The number of hydrogen-bond acceptors (Lipinski definition) is 0. The van der Waals surface area contributed by atoms with Crippen molar-refractivity contribution in [2.24, 2.45) is 5.92 Å². The van der Waals surface area contributed by atoms with Gasteiger partial charge < -0.3 is 0 Å². The molecule has 0 saturated heterocycles. The maximum absolute atomic E-state index is 6.60. The first-order valence-electron chi connectivity index (χ1n) is 9.12. The van der Waals surface area contributed by atoms with E-state index in [1.165, 1.54) is 39.0 Å². The number of fused-ring (bicyclic) bond motifs is 1. The van der Waals surface area contributed by atoms with Gasteiger partial charge in [-0.3, -0.25) is 0 Å². The molecule has 3 rings (SSSR count). The molecule has 131 valence electrons. The van der Waals surface area contributed by atoms with Gasteiger partial charge in [0.15, 0.2) is 0 Å². The second kappa shape index (κ2) is 8.12. The van der Waals surface area contributed by atoms with Crippen molar-refractivity contribution in [1.82, 2.24) is 0 Å². The molecule has 2 aromatic carbocycles. The van der Waals surface area contributed by atoms with E-state index in [2.05, 4.69) is 70.2 Å². The molecule has 1 aliphatic rings. The Morgan fingerprint density at radius 3 is 2.24 bits per heavy atom. The summed E-state index contributed by atoms with van der Waals surface area (Å²) in [6.45, 7) is 8.98. The van der Waals surface area contributed by atoms with E-state index in [0.717, 1.165) is 12.8 Å². The Balaban J connectivity index is 2.31. The van der Waals surface area contributed by atoms with Crippen molar-refractivity contribution >= 4 is 23.1 Å². The average molecular weight is 452 g/mol. The molecule has 0 aliphatic heterocycles. The zero-order chi connectivity index (χ0) is 18.1. The fourth-order valence-corrected chi connectivity index (χ4v) is 9.67. The van der Waals surface area contributed by atoms with Gasteiger partial charge in [0.1, 0.15) is 0 Å². The summed E-state index contributed by atoms with van der Waals surface area (Å²) in [5.41, 5.74) is 9.75. The minimum absolute atomic E-state index is 0.291. The van der Waals surface area contributed by atoms with Crippen LogP contribution in [-0.2, 0) is 32.2 Å². The van der Waals surface area contributed by atoms with E-state index < -0.39 is 19.4 Å². The van der Waals surface area contributed by atoms with E-state index >= 15 is 0 Å². The molecule has 1 atom stereocenters. The molecule has 0 saturated carbocycles. The predicted molar refractivity (Wildman–Crippen MR) is 108 cm³/mol. The average Bonchev–Trinajstić information content (AvgIpc) is 3.00. The molecule has 1 unspecified atom stereocenters. The van der Waals surface area contributed by atoms with Crippen molar-refractivity contribution in [2.45, 2.75) is 44.2 Å². The van der Waals surface area contributed by atoms with Gasteiger partial charge in [0, 0.05) is 0 Å². The van der Waals surface area contributed by atoms with Crippen molar-refractivity contribution in [3.8, 4) is 11.1 Å². The van der Waals surface area contributed by atoms with Gasteiger partial charge in [0.2, 0.25) is 0 Å². The van der Waals surface area contributed by atoms with E-state index in [0.29, 0.717) is 9.54 Å². The van der Waals surface area contributed by atoms with Gasteiger partial charge in [-0.05, 0) is 0 Å². The monoisotopic (exact) mass is 449 g/mol. The Kier molecular flexibility index (Phi) is 6.30. The summed E-state index contributed by atoms with van der Waals surface area (Å²) in [4.78, 5) is 0. The van der Waals surface area contributed by atoms with Crippen LogP contribution < -0.4 is 0 Å². The molecule has 0 heterocycles. The van der Waals surface area contributed by atoms with Gasteiger partial charge in [0.05, 0.1) is 0 Å². The van der Waals surface area contributed by atoms with Crippen LogP contribution in [0.4, 0.5) is 0 Å². The molecule has 1 aliphatic carbocycles. The van der Waals surface area contributed by atoms with Crippen molar-refractivity contribution in [1.29, 1.82) is 0 Å². The molecule has 0 spiro atoms. The van der Waals surface area contributed by atoms with Crippen LogP contribution in [0.5, 0.6) is 0 Å². The van der Waals surface area contributed by atoms with E-state index in [1.54, 1.807) is 0 Å². The van der Waals surface area contributed by atoms with Gasteiger partial charge in [0.25, 0.3) is 0 Å². The Labute approximate surface area is 167 Å². The van der Waals surface area contributed by atoms with Crippen LogP contribution in [0.3, 0.4) is 0 Å². The van der Waals surface area contributed by atoms with Crippen LogP contribution in [0, 0.1) is 5.92 Å². The fourth-order valence-electron chi connectivity index (χ4n) is 3.95. The number of hydrogen-bond donors (Lipinski definition) is 0. The Bertz CT molecular complexity index is 806. The molecule has 3 heteroatoms. The molecule has 0 fully saturated rings. The van der Waals surface area contributed by atoms with Crippen LogP contribution in [-0.4, -0.2) is 0 Å². The molecule has 0 amide bonds. The van der Waals surface area contributed by atoms with Crippen molar-refractivity contribution < 1.29 is 19.4 Å². The molecule has 0 N–H and O–H groups in total. The zero-order valence-corrected chi connectivity index (χ0v) is 19.3. The minimum atomic E-state index is -2.45. The maximum atomic E-state index is 6.60. The Hall–Kier alpha value is -0.357. The zero-order valence-electron chi connectivity index (χ0n) is 15.4. The molecular formula is C22H25Cl2Zr. The van der Waals surface area contributed by atoms with Gasteiger partial charge in [-0.2, -0.15) is 0 Å². The summed E-state index contributed by atoms with van der Waals surface area (Å²) in [5.74, 6) is 0.477. The molecule has 25 heavy (non-hydrogen) atoms. The van der Waals surface area contributed by atoms with Crippen molar-refractivity contribution in [3.63, 3.8) is 0 Å². The number of aryl methyl sites for hydroxylation is 2. The quantitative estimate of drug-likeness (QED) is 0.442. The van der Waals surface area contributed by atoms with Gasteiger partial charge >= 0.3 is 168 Å². The third-order valence-electron chi connectivity index (χ3n) is 5.25. The van der Waals surface area contributed by atoms with Crippen LogP contribution in [0.25, 0.3) is 17.2 Å². The van der Waals surface area contributed by atoms with Crippen LogP contribution >= 0.6 is 17.0 Å². The third kappa shape index (κ3) is 3.58. The third-order valence-corrected chi connectivity index (χ3v) is 10.5. The molecule has 0 bridgehead atoms. The number of halogens is 2. The van der Waals surface area contributed by atoms with Crippen molar-refractivity contribution in [2.75, 3.05) is 0 Å². The summed E-state index contributed by atoms with van der Waals surface area (Å²) < 4.78 is 0.291. The van der Waals surface area contributed by atoms with Crippen molar-refractivity contribution in [3.05, 3.63) is 64.2 Å². The second-order valence-electron chi connectivity index (χ2n) is 6.99. The van der Waals surface area contributed by atoms with E-state index in [9.17, 15) is 0 Å². The molecule has 2 aromatic rings. The molecule has 0 radical (unpaired) electrons. The molecule has 0 aromatic heterocycles. The first kappa shape index (κ1) is 19.4. The van der Waals surface area contributed by atoms with Crippen LogP contribution in [0.2, 0.25) is 0 Å². The Morgan fingerprint density at radius 2 is 1.64 bits per heavy atom. The van der Waals surface area contributed by atoms with Gasteiger partial charge in [-0.1, -0.05) is 0 Å². The van der Waals surface area contributed by atoms with E-state index in [4.69, 9.17) is 17.0 Å². The molecular weight excluding hydrogens is 426 g/mol. The number of allylic oxidation sites excluding steroid dienone is 1. The normalized spacial score (nSPS) is 16.1. The fraction of sp³-hybridized carbons (Fsp3) is 0.364. The van der Waals surface area contributed by atoms with Gasteiger partial charge in [-0.15, -0.1) is 0 Å². The summed E-state index contributed by atoms with van der Waals surface area (Å²) in [6.07, 6.45) is 4.47. The Morgan fingerprint density at radius 1 is 0.960 bits per heavy atom. The molecule has 0 nitrogen and oxygen atoms in total. The summed E-state index contributed by atoms with van der Waals surface area (Å²) >= 11 is -2.45. The van der Waals surface area contributed by atoms with Gasteiger partial charge in [-0.25, -0.2) is 0 Å². The van der Waals surface area contributed by atoms with E-state index in [-0.39, 0.29) is 0 Å². The number of benzene rings is 2. The second-order valence-corrected chi connectivity index (χ2v) is 15.8.